The zero-order valence-corrected chi connectivity index (χ0v) is 7.02. The van der Waals surface area contributed by atoms with Crippen LogP contribution in [0.25, 0.3) is 0 Å². The van der Waals surface area contributed by atoms with Crippen LogP contribution in [0.5, 0.6) is 0 Å². The molecule has 0 radical (unpaired) electrons. The van der Waals surface area contributed by atoms with Crippen molar-refractivity contribution in [2.75, 3.05) is 0 Å². The summed E-state index contributed by atoms with van der Waals surface area (Å²) < 4.78 is 0. The molecule has 0 spiro atoms. The second-order valence-corrected chi connectivity index (χ2v) is 2.54. The predicted octanol–water partition coefficient (Wildman–Crippen LogP) is 2.24. The minimum atomic E-state index is 0.0729. The first-order chi connectivity index (χ1) is 5.24. The summed E-state index contributed by atoms with van der Waals surface area (Å²) in [6.45, 7) is 1.54. The second-order valence-electron chi connectivity index (χ2n) is 2.30. The van der Waals surface area contributed by atoms with E-state index < -0.39 is 0 Å². The first-order valence-corrected chi connectivity index (χ1v) is 3.77. The van der Waals surface area contributed by atoms with Crippen molar-refractivity contribution in [3.8, 4) is 0 Å². The van der Waals surface area contributed by atoms with Crippen molar-refractivity contribution in [1.82, 2.24) is 0 Å². The molecule has 1 aromatic carbocycles. The van der Waals surface area contributed by atoms with Crippen LogP contribution in [0.4, 0.5) is 0 Å². The fourth-order valence-electron chi connectivity index (χ4n) is 0.831. The van der Waals surface area contributed by atoms with E-state index in [0.29, 0.717) is 5.56 Å². The molecule has 0 aliphatic heterocycles. The summed E-state index contributed by atoms with van der Waals surface area (Å²) in [5.74, 6) is 0.0729. The molecule has 0 saturated heterocycles. The van der Waals surface area contributed by atoms with Gasteiger partial charge in [-0.1, -0.05) is 30.4 Å². The molecule has 1 aromatic rings. The number of benzene rings is 1. The maximum Gasteiger partial charge on any atom is 0.159 e. The lowest BCUT2D eigenvalue weighted by molar-refractivity contribution is 0.101. The van der Waals surface area contributed by atoms with Crippen molar-refractivity contribution < 1.29 is 4.79 Å². The quantitative estimate of drug-likeness (QED) is 0.492. The number of carbonyl (C=O) groups is 1. The Morgan fingerprint density at radius 2 is 2.27 bits per heavy atom. The molecule has 0 heterocycles. The number of carbonyl (C=O) groups excluding carboxylic acids is 1. The molecule has 0 aliphatic carbocycles. The molecule has 1 rings (SSSR count). The molecule has 11 heavy (non-hydrogen) atoms. The molecule has 56 valence electrons. The van der Waals surface area contributed by atoms with Gasteiger partial charge in [0.05, 0.1) is 0 Å². The van der Waals surface area contributed by atoms with Gasteiger partial charge in [-0.05, 0) is 18.6 Å². The van der Waals surface area contributed by atoms with E-state index in [-0.39, 0.29) is 5.78 Å². The Labute approximate surface area is 71.0 Å². The number of thiocarbonyl (C=S) groups is 1. The van der Waals surface area contributed by atoms with Gasteiger partial charge in [-0.25, -0.2) is 0 Å². The third-order valence-corrected chi connectivity index (χ3v) is 1.70. The monoisotopic (exact) mass is 164 g/mol. The van der Waals surface area contributed by atoms with Gasteiger partial charge in [0.25, 0.3) is 0 Å². The molecule has 0 amide bonds. The van der Waals surface area contributed by atoms with Gasteiger partial charge in [-0.3, -0.25) is 4.79 Å². The van der Waals surface area contributed by atoms with E-state index in [1.807, 2.05) is 12.1 Å². The fraction of sp³-hybridized carbons (Fsp3) is 0.111. The Bertz CT molecular complexity index is 291. The van der Waals surface area contributed by atoms with Crippen molar-refractivity contribution in [3.05, 3.63) is 35.4 Å². The second kappa shape index (κ2) is 3.39. The third-order valence-electron chi connectivity index (χ3n) is 1.43. The number of rotatable bonds is 2. The Morgan fingerprint density at radius 3 is 2.82 bits per heavy atom. The van der Waals surface area contributed by atoms with Gasteiger partial charge in [0.1, 0.15) is 0 Å². The van der Waals surface area contributed by atoms with E-state index in [9.17, 15) is 4.79 Å². The minimum Gasteiger partial charge on any atom is -0.295 e. The van der Waals surface area contributed by atoms with Crippen LogP contribution >= 0.6 is 12.2 Å². The maximum atomic E-state index is 10.9. The van der Waals surface area contributed by atoms with Gasteiger partial charge in [0.2, 0.25) is 0 Å². The third kappa shape index (κ3) is 1.95. The van der Waals surface area contributed by atoms with Crippen molar-refractivity contribution in [2.24, 2.45) is 0 Å². The summed E-state index contributed by atoms with van der Waals surface area (Å²) in [6.07, 6.45) is 0. The van der Waals surface area contributed by atoms with Crippen LogP contribution in [0.1, 0.15) is 22.8 Å². The molecule has 0 fully saturated rings. The minimum absolute atomic E-state index is 0.0729. The highest BCUT2D eigenvalue weighted by molar-refractivity contribution is 7.79. The molecule has 0 N–H and O–H groups in total. The highest BCUT2D eigenvalue weighted by atomic mass is 32.1. The Morgan fingerprint density at radius 1 is 1.55 bits per heavy atom. The zero-order chi connectivity index (χ0) is 8.27. The average molecular weight is 164 g/mol. The standard InChI is InChI=1S/C9H8OS/c1-7(10)9-4-2-3-8(5-9)6-11/h2-6H,1H3. The first kappa shape index (κ1) is 8.08. The topological polar surface area (TPSA) is 17.1 Å². The molecule has 2 heteroatoms. The van der Waals surface area contributed by atoms with Crippen LogP contribution in [-0.4, -0.2) is 11.2 Å². The van der Waals surface area contributed by atoms with Crippen LogP contribution in [0.15, 0.2) is 24.3 Å². The van der Waals surface area contributed by atoms with E-state index >= 15 is 0 Å². The SMILES string of the molecule is CC(=O)c1cccc(C=S)c1. The molecule has 1 nitrogen and oxygen atoms in total. The fourth-order valence-corrected chi connectivity index (χ4v) is 0.978. The van der Waals surface area contributed by atoms with E-state index in [4.69, 9.17) is 12.2 Å². The van der Waals surface area contributed by atoms with Crippen LogP contribution in [-0.2, 0) is 0 Å². The molecule has 0 aromatic heterocycles. The smallest absolute Gasteiger partial charge is 0.159 e. The summed E-state index contributed by atoms with van der Waals surface area (Å²) >= 11 is 4.73. The Balaban J connectivity index is 3.10. The summed E-state index contributed by atoms with van der Waals surface area (Å²) in [5, 5.41) is 1.56. The summed E-state index contributed by atoms with van der Waals surface area (Å²) in [7, 11) is 0. The summed E-state index contributed by atoms with van der Waals surface area (Å²) in [4.78, 5) is 10.9. The van der Waals surface area contributed by atoms with Crippen LogP contribution in [0.2, 0.25) is 0 Å². The van der Waals surface area contributed by atoms with Crippen molar-refractivity contribution in [2.45, 2.75) is 6.92 Å². The Kier molecular flexibility index (Phi) is 2.49. The van der Waals surface area contributed by atoms with Gasteiger partial charge in [0, 0.05) is 10.9 Å². The van der Waals surface area contributed by atoms with Crippen LogP contribution in [0.3, 0.4) is 0 Å². The van der Waals surface area contributed by atoms with Crippen LogP contribution in [0, 0.1) is 0 Å². The lowest BCUT2D eigenvalue weighted by atomic mass is 10.1. The van der Waals surface area contributed by atoms with Crippen molar-refractivity contribution in [3.63, 3.8) is 0 Å². The Hall–Kier alpha value is -1.02. The average Bonchev–Trinajstić information content (AvgIpc) is 2.05. The molecule has 0 saturated carbocycles. The normalized spacial score (nSPS) is 9.18. The van der Waals surface area contributed by atoms with E-state index in [1.54, 1.807) is 24.4 Å². The predicted molar refractivity (Wildman–Crippen MR) is 49.2 cm³/mol. The molecular formula is C9H8OS. The highest BCUT2D eigenvalue weighted by Gasteiger charge is 1.97. The van der Waals surface area contributed by atoms with E-state index in [2.05, 4.69) is 0 Å². The van der Waals surface area contributed by atoms with E-state index in [0.717, 1.165) is 5.56 Å². The van der Waals surface area contributed by atoms with Crippen LogP contribution < -0.4 is 0 Å². The molecule has 0 unspecified atom stereocenters. The number of hydrogen-bond acceptors (Lipinski definition) is 2. The highest BCUT2D eigenvalue weighted by Crippen LogP contribution is 2.03. The van der Waals surface area contributed by atoms with Gasteiger partial charge in [0.15, 0.2) is 5.78 Å². The van der Waals surface area contributed by atoms with Crippen molar-refractivity contribution in [1.29, 1.82) is 0 Å². The molecule has 0 bridgehead atoms. The first-order valence-electron chi connectivity index (χ1n) is 3.30. The van der Waals surface area contributed by atoms with Gasteiger partial charge < -0.3 is 0 Å². The molecule has 0 aliphatic rings. The number of Topliss-reactive ketones (excluding diaryl/α,β-unsaturated/α-hetero) is 1. The lowest BCUT2D eigenvalue weighted by Gasteiger charge is -1.95. The van der Waals surface area contributed by atoms with Gasteiger partial charge in [-0.2, -0.15) is 0 Å². The summed E-state index contributed by atoms with van der Waals surface area (Å²) in [6, 6.07) is 7.27. The van der Waals surface area contributed by atoms with Gasteiger partial charge >= 0.3 is 0 Å². The molecular weight excluding hydrogens is 156 g/mol. The number of hydrogen-bond donors (Lipinski definition) is 0. The molecule has 0 atom stereocenters. The lowest BCUT2D eigenvalue weighted by Crippen LogP contribution is -1.92. The number of ketones is 1. The zero-order valence-electron chi connectivity index (χ0n) is 6.20. The summed E-state index contributed by atoms with van der Waals surface area (Å²) in [5.41, 5.74) is 1.62. The van der Waals surface area contributed by atoms with E-state index in [1.165, 1.54) is 0 Å². The maximum absolute atomic E-state index is 10.9. The van der Waals surface area contributed by atoms with Crippen molar-refractivity contribution >= 4 is 23.4 Å². The van der Waals surface area contributed by atoms with Gasteiger partial charge in [-0.15, -0.1) is 0 Å². The largest absolute Gasteiger partial charge is 0.295 e.